The van der Waals surface area contributed by atoms with Gasteiger partial charge in [-0.2, -0.15) is 5.10 Å². The Hall–Kier alpha value is -2.30. The predicted octanol–water partition coefficient (Wildman–Crippen LogP) is 1.95. The number of hydrogen-bond donors (Lipinski definition) is 2. The first-order valence-electron chi connectivity index (χ1n) is 6.07. The number of para-hydroxylation sites is 1. The minimum absolute atomic E-state index is 0.0932. The van der Waals surface area contributed by atoms with Crippen molar-refractivity contribution < 1.29 is 4.79 Å². The third-order valence-corrected chi connectivity index (χ3v) is 3.42. The second-order valence-corrected chi connectivity index (χ2v) is 5.01. The van der Waals surface area contributed by atoms with Crippen LogP contribution in [0.4, 0.5) is 10.5 Å². The molecule has 1 aromatic carbocycles. The molecule has 5 heteroatoms. The molecule has 0 aromatic heterocycles. The van der Waals surface area contributed by atoms with Crippen LogP contribution in [0.15, 0.2) is 41.1 Å². The van der Waals surface area contributed by atoms with Crippen LogP contribution in [0, 0.1) is 0 Å². The molecular weight excluding hydrogens is 240 g/mol. The average Bonchev–Trinajstić information content (AvgIpc) is 2.55. The maximum absolute atomic E-state index is 10.5. The summed E-state index contributed by atoms with van der Waals surface area (Å²) >= 11 is 0. The van der Waals surface area contributed by atoms with Gasteiger partial charge in [-0.1, -0.05) is 32.0 Å². The molecule has 1 heterocycles. The number of likely N-dealkylation sites (N-methyl/N-ethyl adjacent to an activating group) is 1. The highest BCUT2D eigenvalue weighted by Gasteiger charge is 2.37. The van der Waals surface area contributed by atoms with E-state index in [4.69, 9.17) is 5.73 Å². The molecule has 100 valence electrons. The molecule has 19 heavy (non-hydrogen) atoms. The van der Waals surface area contributed by atoms with Crippen molar-refractivity contribution >= 4 is 17.9 Å². The Morgan fingerprint density at radius 3 is 2.74 bits per heavy atom. The standard InChI is InChI=1S/C14H18N4O/c1-14(2)10-6-4-5-7-11(10)18(3)12(14)8-9-16-17-13(15)19/h4-9H,1-3H3,(H3,15,17,19)/b12-8-,16-9+. The Morgan fingerprint density at radius 1 is 1.42 bits per heavy atom. The number of nitrogens with zero attached hydrogens (tertiary/aromatic N) is 2. The van der Waals surface area contributed by atoms with Gasteiger partial charge < -0.3 is 10.6 Å². The van der Waals surface area contributed by atoms with Gasteiger partial charge in [-0.15, -0.1) is 0 Å². The van der Waals surface area contributed by atoms with Gasteiger partial charge in [0.25, 0.3) is 0 Å². The molecule has 1 aliphatic heterocycles. The van der Waals surface area contributed by atoms with Crippen LogP contribution >= 0.6 is 0 Å². The lowest BCUT2D eigenvalue weighted by molar-refractivity contribution is 0.249. The molecule has 3 N–H and O–H groups in total. The number of carbonyl (C=O) groups excluding carboxylic acids is 1. The molecule has 0 aliphatic carbocycles. The van der Waals surface area contributed by atoms with E-state index in [-0.39, 0.29) is 5.41 Å². The fraction of sp³-hybridized carbons (Fsp3) is 0.286. The van der Waals surface area contributed by atoms with E-state index in [9.17, 15) is 4.79 Å². The van der Waals surface area contributed by atoms with E-state index < -0.39 is 6.03 Å². The maximum Gasteiger partial charge on any atom is 0.332 e. The summed E-state index contributed by atoms with van der Waals surface area (Å²) in [5.74, 6) is 0. The highest BCUT2D eigenvalue weighted by molar-refractivity contribution is 5.80. The normalized spacial score (nSPS) is 18.9. The number of allylic oxidation sites excluding steroid dienone is 2. The molecule has 0 radical (unpaired) electrons. The molecule has 0 unspecified atom stereocenters. The van der Waals surface area contributed by atoms with Crippen LogP contribution in [0.3, 0.4) is 0 Å². The first kappa shape index (κ1) is 13.1. The van der Waals surface area contributed by atoms with Crippen LogP contribution in [0.5, 0.6) is 0 Å². The van der Waals surface area contributed by atoms with E-state index in [2.05, 4.69) is 41.4 Å². The summed E-state index contributed by atoms with van der Waals surface area (Å²) in [6, 6.07) is 7.62. The lowest BCUT2D eigenvalue weighted by Gasteiger charge is -2.23. The Bertz CT molecular complexity index is 560. The van der Waals surface area contributed by atoms with Crippen LogP contribution in [-0.4, -0.2) is 19.3 Å². The molecule has 5 nitrogen and oxygen atoms in total. The van der Waals surface area contributed by atoms with E-state index in [1.54, 1.807) is 6.21 Å². The number of rotatable bonds is 2. The third-order valence-electron chi connectivity index (χ3n) is 3.42. The number of hydrazone groups is 1. The van der Waals surface area contributed by atoms with E-state index in [0.29, 0.717) is 0 Å². The SMILES string of the molecule is CN1/C(=C\C=N\NC(N)=O)C(C)(C)c2ccccc21. The zero-order valence-electron chi connectivity index (χ0n) is 11.3. The maximum atomic E-state index is 10.5. The van der Waals surface area contributed by atoms with E-state index in [1.165, 1.54) is 11.3 Å². The quantitative estimate of drug-likeness (QED) is 0.628. The number of primary amides is 1. The Morgan fingerprint density at radius 2 is 2.11 bits per heavy atom. The molecule has 0 bridgehead atoms. The fourth-order valence-electron chi connectivity index (χ4n) is 2.51. The lowest BCUT2D eigenvalue weighted by Crippen LogP contribution is -2.25. The van der Waals surface area contributed by atoms with Crippen molar-refractivity contribution in [1.29, 1.82) is 0 Å². The summed E-state index contributed by atoms with van der Waals surface area (Å²) in [4.78, 5) is 12.7. The van der Waals surface area contributed by atoms with Crippen molar-refractivity contribution in [3.63, 3.8) is 0 Å². The lowest BCUT2D eigenvalue weighted by atomic mass is 9.84. The number of urea groups is 1. The van der Waals surface area contributed by atoms with E-state index in [1.807, 2.05) is 25.3 Å². The van der Waals surface area contributed by atoms with Gasteiger partial charge in [0.15, 0.2) is 0 Å². The fourth-order valence-corrected chi connectivity index (χ4v) is 2.51. The molecule has 2 rings (SSSR count). The summed E-state index contributed by atoms with van der Waals surface area (Å²) in [5, 5.41) is 3.74. The zero-order valence-corrected chi connectivity index (χ0v) is 11.3. The predicted molar refractivity (Wildman–Crippen MR) is 77.2 cm³/mol. The summed E-state index contributed by atoms with van der Waals surface area (Å²) < 4.78 is 0. The number of carbonyl (C=O) groups is 1. The van der Waals surface area contributed by atoms with Gasteiger partial charge in [-0.3, -0.25) is 0 Å². The summed E-state index contributed by atoms with van der Waals surface area (Å²) in [6.07, 6.45) is 3.43. The second kappa shape index (κ2) is 4.76. The van der Waals surface area contributed by atoms with Crippen LogP contribution < -0.4 is 16.1 Å². The van der Waals surface area contributed by atoms with Gasteiger partial charge in [0.05, 0.1) is 0 Å². The minimum atomic E-state index is -0.669. The van der Waals surface area contributed by atoms with Gasteiger partial charge in [-0.05, 0) is 17.7 Å². The minimum Gasteiger partial charge on any atom is -0.350 e. The van der Waals surface area contributed by atoms with Gasteiger partial charge in [0, 0.05) is 30.1 Å². The topological polar surface area (TPSA) is 70.7 Å². The molecule has 0 fully saturated rings. The first-order chi connectivity index (χ1) is 8.94. The number of nitrogens with one attached hydrogen (secondary N) is 1. The van der Waals surface area contributed by atoms with Gasteiger partial charge in [0.2, 0.25) is 0 Å². The molecule has 1 aliphatic rings. The van der Waals surface area contributed by atoms with Crippen LogP contribution in [0.2, 0.25) is 0 Å². The highest BCUT2D eigenvalue weighted by Crippen LogP contribution is 2.46. The number of nitrogens with two attached hydrogens (primary N) is 1. The number of hydrogen-bond acceptors (Lipinski definition) is 3. The highest BCUT2D eigenvalue weighted by atomic mass is 16.2. The molecule has 0 atom stereocenters. The third kappa shape index (κ3) is 2.31. The number of fused-ring (bicyclic) bond motifs is 1. The van der Waals surface area contributed by atoms with Gasteiger partial charge in [-0.25, -0.2) is 10.2 Å². The van der Waals surface area contributed by atoms with Crippen molar-refractivity contribution in [3.8, 4) is 0 Å². The van der Waals surface area contributed by atoms with Crippen molar-refractivity contribution in [2.75, 3.05) is 11.9 Å². The van der Waals surface area contributed by atoms with Crippen LogP contribution in [-0.2, 0) is 5.41 Å². The van der Waals surface area contributed by atoms with Crippen LogP contribution in [0.25, 0.3) is 0 Å². The number of benzene rings is 1. The van der Waals surface area contributed by atoms with Gasteiger partial charge in [0.1, 0.15) is 0 Å². The Labute approximate surface area is 112 Å². The molecule has 0 spiro atoms. The number of anilines is 1. The van der Waals surface area contributed by atoms with E-state index in [0.717, 1.165) is 5.70 Å². The van der Waals surface area contributed by atoms with Gasteiger partial charge >= 0.3 is 6.03 Å². The zero-order chi connectivity index (χ0) is 14.0. The average molecular weight is 258 g/mol. The molecular formula is C14H18N4O. The molecule has 0 saturated heterocycles. The van der Waals surface area contributed by atoms with E-state index >= 15 is 0 Å². The second-order valence-electron chi connectivity index (χ2n) is 5.01. The molecule has 1 aromatic rings. The van der Waals surface area contributed by atoms with Crippen molar-refractivity contribution in [3.05, 3.63) is 41.6 Å². The summed E-state index contributed by atoms with van der Waals surface area (Å²) in [6.45, 7) is 4.33. The molecule has 2 amide bonds. The largest absolute Gasteiger partial charge is 0.350 e. The van der Waals surface area contributed by atoms with Crippen molar-refractivity contribution in [2.24, 2.45) is 10.8 Å². The monoisotopic (exact) mass is 258 g/mol. The summed E-state index contributed by atoms with van der Waals surface area (Å²) in [7, 11) is 2.02. The summed E-state index contributed by atoms with van der Waals surface area (Å²) in [5.41, 5.74) is 10.6. The Kier molecular flexibility index (Phi) is 3.29. The number of amides is 2. The van der Waals surface area contributed by atoms with Crippen molar-refractivity contribution in [1.82, 2.24) is 5.43 Å². The molecule has 0 saturated carbocycles. The van der Waals surface area contributed by atoms with Crippen LogP contribution in [0.1, 0.15) is 19.4 Å². The first-order valence-corrected chi connectivity index (χ1v) is 6.07. The van der Waals surface area contributed by atoms with Crippen molar-refractivity contribution in [2.45, 2.75) is 19.3 Å². The smallest absolute Gasteiger partial charge is 0.332 e. The Balaban J connectivity index is 2.31.